The predicted octanol–water partition coefficient (Wildman–Crippen LogP) is 8.90. The fraction of sp³-hybridized carbons (Fsp3) is 0.432. The predicted molar refractivity (Wildman–Crippen MR) is 229 cm³/mol. The molecule has 0 saturated heterocycles. The van der Waals surface area contributed by atoms with Gasteiger partial charge in [0.15, 0.2) is 5.11 Å². The van der Waals surface area contributed by atoms with Crippen LogP contribution in [0.3, 0.4) is 0 Å². The summed E-state index contributed by atoms with van der Waals surface area (Å²) in [7, 11) is 0. The second-order valence-corrected chi connectivity index (χ2v) is 16.5. The average Bonchev–Trinajstić information content (AvgIpc) is 3.54. The number of fused-ring (bicyclic) bond motifs is 1. The molecule has 4 aromatic rings. The molecule has 0 unspecified atom stereocenters. The molecule has 300 valence electrons. The molecule has 0 radical (unpaired) electrons. The lowest BCUT2D eigenvalue weighted by molar-refractivity contribution is -0.123. The highest BCUT2D eigenvalue weighted by Gasteiger charge is 2.25. The average molecular weight is 783 g/mol. The lowest BCUT2D eigenvalue weighted by Gasteiger charge is -2.23. The maximum absolute atomic E-state index is 13.2. The summed E-state index contributed by atoms with van der Waals surface area (Å²) in [6.45, 7) is 12.3. The zero-order valence-corrected chi connectivity index (χ0v) is 34.4. The number of unbranched alkanes of at least 4 members (excludes halogenated alkanes) is 6. The van der Waals surface area contributed by atoms with Crippen LogP contribution in [0.25, 0.3) is 10.9 Å². The van der Waals surface area contributed by atoms with Crippen molar-refractivity contribution in [3.63, 3.8) is 0 Å². The monoisotopic (exact) mass is 782 g/mol. The Labute approximate surface area is 336 Å². The van der Waals surface area contributed by atoms with Crippen molar-refractivity contribution in [2.75, 3.05) is 17.2 Å². The molecule has 0 bridgehead atoms. The Morgan fingerprint density at radius 3 is 2.00 bits per heavy atom. The fourth-order valence-electron chi connectivity index (χ4n) is 6.13. The van der Waals surface area contributed by atoms with Crippen molar-refractivity contribution in [2.45, 2.75) is 116 Å². The van der Waals surface area contributed by atoms with Gasteiger partial charge in [0.1, 0.15) is 11.6 Å². The molecule has 1 atom stereocenters. The van der Waals surface area contributed by atoms with E-state index in [4.69, 9.17) is 17.0 Å². The largest absolute Gasteiger partial charge is 0.444 e. The number of aromatic amines is 1. The van der Waals surface area contributed by atoms with Crippen LogP contribution in [0.5, 0.6) is 0 Å². The van der Waals surface area contributed by atoms with E-state index < -0.39 is 17.7 Å². The van der Waals surface area contributed by atoms with Crippen LogP contribution in [0.4, 0.5) is 16.2 Å². The molecule has 0 fully saturated rings. The van der Waals surface area contributed by atoms with Crippen LogP contribution in [0.15, 0.2) is 79.0 Å². The molecule has 0 saturated carbocycles. The number of benzene rings is 3. The van der Waals surface area contributed by atoms with Crippen molar-refractivity contribution in [3.05, 3.63) is 95.7 Å². The van der Waals surface area contributed by atoms with Gasteiger partial charge in [-0.25, -0.2) is 4.79 Å². The van der Waals surface area contributed by atoms with Crippen LogP contribution in [-0.4, -0.2) is 52.1 Å². The van der Waals surface area contributed by atoms with E-state index in [-0.39, 0.29) is 28.2 Å². The van der Waals surface area contributed by atoms with Gasteiger partial charge >= 0.3 is 6.09 Å². The molecular weight excluding hydrogens is 725 g/mol. The molecule has 4 amide bonds. The molecule has 6 N–H and O–H groups in total. The van der Waals surface area contributed by atoms with Crippen molar-refractivity contribution in [3.8, 4) is 0 Å². The summed E-state index contributed by atoms with van der Waals surface area (Å²) in [6, 6.07) is 21.8. The van der Waals surface area contributed by atoms with Crippen LogP contribution in [0.2, 0.25) is 0 Å². The number of thiocarbonyl (C=S) groups is 1. The summed E-state index contributed by atoms with van der Waals surface area (Å²) in [5.74, 6) is -0.562. The molecule has 1 aromatic heterocycles. The van der Waals surface area contributed by atoms with Crippen molar-refractivity contribution in [1.82, 2.24) is 20.9 Å². The molecular formula is C44H58N6O5S. The molecule has 3 aromatic carbocycles. The standard InChI is InChI=1S/C44H58N6O5S/c1-43(2,3)32-21-19-30(20-22-32)39(52)50-41(56)48-34-25-23-33(24-26-34)47-38(51)18-12-10-8-7-9-11-15-27-45-40(53)37(49-42(54)55-44(4,5)6)28-31-29-46-36-17-14-13-16-35(31)36/h13-14,16-17,19-26,29,37,46H,7-12,15,18,27-28H2,1-6H3,(H,45,53)(H,47,51)(H,49,54)(H2,48,50,52,56)/t37-/m0/s1. The maximum atomic E-state index is 13.2. The molecule has 0 spiro atoms. The van der Waals surface area contributed by atoms with Gasteiger partial charge in [-0.1, -0.05) is 83.2 Å². The van der Waals surface area contributed by atoms with E-state index in [0.717, 1.165) is 67.0 Å². The van der Waals surface area contributed by atoms with E-state index in [1.165, 1.54) is 0 Å². The van der Waals surface area contributed by atoms with Gasteiger partial charge in [0.2, 0.25) is 11.8 Å². The quantitative estimate of drug-likeness (QED) is 0.0462. The van der Waals surface area contributed by atoms with Crippen LogP contribution in [-0.2, 0) is 26.2 Å². The van der Waals surface area contributed by atoms with Crippen molar-refractivity contribution >= 4 is 63.4 Å². The molecule has 4 rings (SSSR count). The van der Waals surface area contributed by atoms with Gasteiger partial charge in [-0.2, -0.15) is 0 Å². The Hall–Kier alpha value is -5.23. The van der Waals surface area contributed by atoms with Crippen LogP contribution >= 0.6 is 12.2 Å². The maximum Gasteiger partial charge on any atom is 0.408 e. The lowest BCUT2D eigenvalue weighted by atomic mass is 9.87. The first-order valence-electron chi connectivity index (χ1n) is 19.5. The SMILES string of the molecule is CC(C)(C)OC(=O)N[C@@H](Cc1c[nH]c2ccccc12)C(=O)NCCCCCCCCCC(=O)Nc1ccc(NC(=S)NC(=O)c2ccc(C(C)(C)C)cc2)cc1. The van der Waals surface area contributed by atoms with Crippen molar-refractivity contribution < 1.29 is 23.9 Å². The number of H-pyrrole nitrogens is 1. The Bertz CT molecular complexity index is 1930. The minimum Gasteiger partial charge on any atom is -0.444 e. The van der Waals surface area contributed by atoms with Gasteiger partial charge in [0.25, 0.3) is 5.91 Å². The zero-order chi connectivity index (χ0) is 40.7. The van der Waals surface area contributed by atoms with E-state index in [2.05, 4.69) is 52.3 Å². The number of rotatable bonds is 17. The van der Waals surface area contributed by atoms with E-state index in [1.807, 2.05) is 42.6 Å². The first kappa shape index (κ1) is 43.5. The smallest absolute Gasteiger partial charge is 0.408 e. The first-order valence-corrected chi connectivity index (χ1v) is 19.9. The minimum atomic E-state index is -0.773. The Kier molecular flexibility index (Phi) is 16.0. The lowest BCUT2D eigenvalue weighted by Crippen LogP contribution is -2.49. The topological polar surface area (TPSA) is 153 Å². The van der Waals surface area contributed by atoms with Crippen LogP contribution < -0.4 is 26.6 Å². The highest BCUT2D eigenvalue weighted by Crippen LogP contribution is 2.23. The number of hydrogen-bond acceptors (Lipinski definition) is 6. The highest BCUT2D eigenvalue weighted by molar-refractivity contribution is 7.80. The summed E-state index contributed by atoms with van der Waals surface area (Å²) in [5, 5.41) is 15.6. The Morgan fingerprint density at radius 1 is 0.750 bits per heavy atom. The molecule has 1 heterocycles. The van der Waals surface area contributed by atoms with Gasteiger partial charge in [-0.15, -0.1) is 0 Å². The number of carbonyl (C=O) groups is 4. The van der Waals surface area contributed by atoms with Gasteiger partial charge in [0.05, 0.1) is 0 Å². The van der Waals surface area contributed by atoms with Crippen LogP contribution in [0.1, 0.15) is 114 Å². The number of aromatic nitrogens is 1. The number of hydrogen-bond donors (Lipinski definition) is 6. The third kappa shape index (κ3) is 14.8. The number of ether oxygens (including phenoxy) is 1. The number of para-hydroxylation sites is 1. The summed E-state index contributed by atoms with van der Waals surface area (Å²) in [5.41, 5.74) is 4.30. The van der Waals surface area contributed by atoms with Crippen molar-refractivity contribution in [1.29, 1.82) is 0 Å². The van der Waals surface area contributed by atoms with Gasteiger partial charge in [-0.05, 0) is 105 Å². The molecule has 0 aliphatic rings. The zero-order valence-electron chi connectivity index (χ0n) is 33.6. The molecule has 12 heteroatoms. The summed E-state index contributed by atoms with van der Waals surface area (Å²) in [4.78, 5) is 54.1. The third-order valence-electron chi connectivity index (χ3n) is 9.15. The first-order chi connectivity index (χ1) is 26.6. The second kappa shape index (κ2) is 20.6. The van der Waals surface area contributed by atoms with E-state index in [9.17, 15) is 19.2 Å². The number of amides is 4. The Balaban J connectivity index is 1.07. The highest BCUT2D eigenvalue weighted by atomic mass is 32.1. The van der Waals surface area contributed by atoms with Crippen molar-refractivity contribution in [2.24, 2.45) is 0 Å². The number of anilines is 2. The third-order valence-corrected chi connectivity index (χ3v) is 9.36. The van der Waals surface area contributed by atoms with Gasteiger partial charge in [0, 0.05) is 53.4 Å². The summed E-state index contributed by atoms with van der Waals surface area (Å²) >= 11 is 5.33. The fourth-order valence-corrected chi connectivity index (χ4v) is 6.34. The molecule has 11 nitrogen and oxygen atoms in total. The van der Waals surface area contributed by atoms with E-state index >= 15 is 0 Å². The minimum absolute atomic E-state index is 0.00341. The summed E-state index contributed by atoms with van der Waals surface area (Å²) in [6.07, 6.45) is 8.73. The Morgan fingerprint density at radius 2 is 1.36 bits per heavy atom. The van der Waals surface area contributed by atoms with Crippen LogP contribution in [0, 0.1) is 0 Å². The molecule has 0 aliphatic carbocycles. The number of alkyl carbamates (subject to hydrolysis) is 1. The number of carbonyl (C=O) groups excluding carboxylic acids is 4. The molecule has 56 heavy (non-hydrogen) atoms. The van der Waals surface area contributed by atoms with E-state index in [1.54, 1.807) is 57.2 Å². The second-order valence-electron chi connectivity index (χ2n) is 16.1. The normalized spacial score (nSPS) is 12.0. The van der Waals surface area contributed by atoms with E-state index in [0.29, 0.717) is 36.3 Å². The van der Waals surface area contributed by atoms with Gasteiger partial charge in [-0.3, -0.25) is 19.7 Å². The summed E-state index contributed by atoms with van der Waals surface area (Å²) < 4.78 is 5.43. The van der Waals surface area contributed by atoms with Gasteiger partial charge < -0.3 is 31.0 Å². The number of nitrogens with one attached hydrogen (secondary N) is 6. The molecule has 0 aliphatic heterocycles.